The minimum absolute atomic E-state index is 0.163. The van der Waals surface area contributed by atoms with Crippen molar-refractivity contribution in [1.29, 1.82) is 0 Å². The molecule has 0 bridgehead atoms. The number of rotatable bonds is 6. The Morgan fingerprint density at radius 3 is 2.67 bits per heavy atom. The molecule has 6 nitrogen and oxygen atoms in total. The quantitative estimate of drug-likeness (QED) is 0.843. The zero-order valence-corrected chi connectivity index (χ0v) is 13.2. The van der Waals surface area contributed by atoms with Crippen LogP contribution in [0.3, 0.4) is 0 Å². The predicted molar refractivity (Wildman–Crippen MR) is 78.7 cm³/mol. The van der Waals surface area contributed by atoms with Gasteiger partial charge < -0.3 is 19.8 Å². The Labute approximate surface area is 125 Å². The summed E-state index contributed by atoms with van der Waals surface area (Å²) in [7, 11) is 0. The monoisotopic (exact) mass is 295 g/mol. The number of ether oxygens (including phenoxy) is 1. The van der Waals surface area contributed by atoms with Gasteiger partial charge in [-0.3, -0.25) is 0 Å². The summed E-state index contributed by atoms with van der Waals surface area (Å²) < 4.78 is 10.5. The van der Waals surface area contributed by atoms with Crippen molar-refractivity contribution in [2.75, 3.05) is 6.54 Å². The van der Waals surface area contributed by atoms with Crippen molar-refractivity contribution in [2.45, 2.75) is 58.2 Å². The van der Waals surface area contributed by atoms with E-state index in [0.29, 0.717) is 19.0 Å². The molecule has 1 heterocycles. The first-order chi connectivity index (χ1) is 9.78. The van der Waals surface area contributed by atoms with E-state index in [-0.39, 0.29) is 11.6 Å². The zero-order valence-electron chi connectivity index (χ0n) is 13.2. The molecule has 1 aromatic heterocycles. The van der Waals surface area contributed by atoms with Gasteiger partial charge >= 0.3 is 6.09 Å². The van der Waals surface area contributed by atoms with Crippen molar-refractivity contribution in [3.05, 3.63) is 18.4 Å². The molecule has 1 fully saturated rings. The van der Waals surface area contributed by atoms with Gasteiger partial charge in [0.15, 0.2) is 6.39 Å². The van der Waals surface area contributed by atoms with Gasteiger partial charge in [0.1, 0.15) is 11.4 Å². The summed E-state index contributed by atoms with van der Waals surface area (Å²) in [5, 5.41) is 6.34. The average molecular weight is 295 g/mol. The number of nitrogens with one attached hydrogen (secondary N) is 2. The number of carbonyl (C=O) groups is 1. The van der Waals surface area contributed by atoms with Crippen molar-refractivity contribution >= 4 is 6.09 Å². The van der Waals surface area contributed by atoms with Crippen LogP contribution in [0.2, 0.25) is 0 Å². The molecule has 1 aromatic rings. The van der Waals surface area contributed by atoms with Crippen LogP contribution in [0.1, 0.15) is 46.3 Å². The number of hydrogen-bond donors (Lipinski definition) is 2. The molecule has 118 valence electrons. The topological polar surface area (TPSA) is 76.4 Å². The Hall–Kier alpha value is -1.56. The van der Waals surface area contributed by atoms with Crippen LogP contribution in [0.25, 0.3) is 0 Å². The molecule has 1 amide bonds. The highest BCUT2D eigenvalue weighted by molar-refractivity contribution is 5.67. The normalized spacial score (nSPS) is 18.1. The fourth-order valence-electron chi connectivity index (χ4n) is 2.26. The van der Waals surface area contributed by atoms with Crippen LogP contribution in [0, 0.1) is 5.92 Å². The number of alkyl carbamates (subject to hydrolysis) is 1. The molecule has 1 aliphatic carbocycles. The van der Waals surface area contributed by atoms with Crippen molar-refractivity contribution in [1.82, 2.24) is 15.6 Å². The Kier molecular flexibility index (Phi) is 4.56. The highest BCUT2D eigenvalue weighted by atomic mass is 16.6. The van der Waals surface area contributed by atoms with E-state index in [1.54, 1.807) is 6.20 Å². The maximum absolute atomic E-state index is 11.8. The maximum atomic E-state index is 11.8. The lowest BCUT2D eigenvalue weighted by Crippen LogP contribution is -2.53. The minimum Gasteiger partial charge on any atom is -0.447 e. The average Bonchev–Trinajstić information content (AvgIpc) is 3.10. The molecule has 0 aliphatic heterocycles. The molecule has 2 N–H and O–H groups in total. The second-order valence-corrected chi connectivity index (χ2v) is 6.87. The number of aromatic nitrogens is 1. The molecule has 0 saturated heterocycles. The Morgan fingerprint density at radius 2 is 2.14 bits per heavy atom. The Bertz CT molecular complexity index is 463. The van der Waals surface area contributed by atoms with E-state index in [9.17, 15) is 4.79 Å². The van der Waals surface area contributed by atoms with Crippen LogP contribution in [0.5, 0.6) is 0 Å². The van der Waals surface area contributed by atoms with Crippen molar-refractivity contribution in [3.8, 4) is 0 Å². The van der Waals surface area contributed by atoms with Crippen LogP contribution in [0.4, 0.5) is 4.79 Å². The van der Waals surface area contributed by atoms with Gasteiger partial charge in [-0.15, -0.1) is 0 Å². The molecule has 2 rings (SSSR count). The lowest BCUT2D eigenvalue weighted by Gasteiger charge is -2.31. The smallest absolute Gasteiger partial charge is 0.407 e. The molecule has 6 heteroatoms. The molecule has 1 aliphatic rings. The second kappa shape index (κ2) is 6.05. The van der Waals surface area contributed by atoms with Gasteiger partial charge in [0.05, 0.1) is 12.7 Å². The summed E-state index contributed by atoms with van der Waals surface area (Å²) in [6.45, 7) is 8.82. The first-order valence-corrected chi connectivity index (χ1v) is 7.38. The third-order valence-electron chi connectivity index (χ3n) is 3.63. The van der Waals surface area contributed by atoms with Crippen molar-refractivity contribution < 1.29 is 13.9 Å². The van der Waals surface area contributed by atoms with Gasteiger partial charge in [0, 0.05) is 12.1 Å². The molecule has 1 unspecified atom stereocenters. The molecular formula is C15H25N3O3. The summed E-state index contributed by atoms with van der Waals surface area (Å²) in [5.41, 5.74) is -0.642. The first-order valence-electron chi connectivity index (χ1n) is 7.38. The standard InChI is InChI=1S/C15H25N3O3/c1-14(2,3)21-13(19)17-9-15(4,11-5-6-11)18-8-12-7-16-10-20-12/h7,10-11,18H,5-6,8-9H2,1-4H3,(H,17,19). The second-order valence-electron chi connectivity index (χ2n) is 6.87. The van der Waals surface area contributed by atoms with Gasteiger partial charge in [-0.2, -0.15) is 0 Å². The van der Waals surface area contributed by atoms with E-state index < -0.39 is 5.60 Å². The minimum atomic E-state index is -0.479. The number of oxazole rings is 1. The number of hydrogen-bond acceptors (Lipinski definition) is 5. The lowest BCUT2D eigenvalue weighted by atomic mass is 9.95. The van der Waals surface area contributed by atoms with Gasteiger partial charge in [0.2, 0.25) is 0 Å². The molecule has 1 saturated carbocycles. The van der Waals surface area contributed by atoms with E-state index in [4.69, 9.17) is 9.15 Å². The fourth-order valence-corrected chi connectivity index (χ4v) is 2.26. The maximum Gasteiger partial charge on any atom is 0.407 e. The number of amides is 1. The summed E-state index contributed by atoms with van der Waals surface area (Å²) in [6, 6.07) is 0. The predicted octanol–water partition coefficient (Wildman–Crippen LogP) is 2.46. The number of carbonyl (C=O) groups excluding carboxylic acids is 1. The van der Waals surface area contributed by atoms with Crippen LogP contribution < -0.4 is 10.6 Å². The summed E-state index contributed by atoms with van der Waals surface area (Å²) in [6.07, 6.45) is 5.09. The van der Waals surface area contributed by atoms with Crippen molar-refractivity contribution in [2.24, 2.45) is 5.92 Å². The van der Waals surface area contributed by atoms with E-state index >= 15 is 0 Å². The van der Waals surface area contributed by atoms with Crippen LogP contribution in [-0.4, -0.2) is 28.8 Å². The summed E-state index contributed by atoms with van der Waals surface area (Å²) >= 11 is 0. The highest BCUT2D eigenvalue weighted by Gasteiger charge is 2.41. The van der Waals surface area contributed by atoms with Crippen LogP contribution in [0.15, 0.2) is 17.0 Å². The van der Waals surface area contributed by atoms with E-state index in [2.05, 4.69) is 22.5 Å². The lowest BCUT2D eigenvalue weighted by molar-refractivity contribution is 0.0507. The SMILES string of the molecule is CC(C)(C)OC(=O)NCC(C)(NCc1cnco1)C1CC1. The van der Waals surface area contributed by atoms with E-state index in [1.165, 1.54) is 19.2 Å². The Balaban J connectivity index is 1.84. The molecule has 0 spiro atoms. The van der Waals surface area contributed by atoms with Gasteiger partial charge in [-0.25, -0.2) is 9.78 Å². The summed E-state index contributed by atoms with van der Waals surface area (Å²) in [5.74, 6) is 1.36. The molecule has 0 radical (unpaired) electrons. The van der Waals surface area contributed by atoms with Gasteiger partial charge in [-0.1, -0.05) is 0 Å². The molecule has 0 aromatic carbocycles. The summed E-state index contributed by atoms with van der Waals surface area (Å²) in [4.78, 5) is 15.7. The fraction of sp³-hybridized carbons (Fsp3) is 0.733. The van der Waals surface area contributed by atoms with Gasteiger partial charge in [0.25, 0.3) is 0 Å². The Morgan fingerprint density at radius 1 is 1.43 bits per heavy atom. The van der Waals surface area contributed by atoms with Crippen LogP contribution >= 0.6 is 0 Å². The van der Waals surface area contributed by atoms with Gasteiger partial charge in [-0.05, 0) is 46.5 Å². The third kappa shape index (κ3) is 5.04. The van der Waals surface area contributed by atoms with Crippen LogP contribution in [-0.2, 0) is 11.3 Å². The van der Waals surface area contributed by atoms with Crippen molar-refractivity contribution in [3.63, 3.8) is 0 Å². The third-order valence-corrected chi connectivity index (χ3v) is 3.63. The largest absolute Gasteiger partial charge is 0.447 e. The molecular weight excluding hydrogens is 270 g/mol. The highest BCUT2D eigenvalue weighted by Crippen LogP contribution is 2.39. The number of nitrogens with zero attached hydrogens (tertiary/aromatic N) is 1. The molecule has 1 atom stereocenters. The van der Waals surface area contributed by atoms with E-state index in [0.717, 1.165) is 5.76 Å². The zero-order chi connectivity index (χ0) is 15.5. The first kappa shape index (κ1) is 15.8. The van der Waals surface area contributed by atoms with E-state index in [1.807, 2.05) is 20.8 Å². The molecule has 21 heavy (non-hydrogen) atoms.